The molecule has 0 aliphatic carbocycles. The van der Waals surface area contributed by atoms with Gasteiger partial charge in [-0.1, -0.05) is 0 Å². The molecule has 0 radical (unpaired) electrons. The number of furan rings is 1. The molecule has 9 heteroatoms. The summed E-state index contributed by atoms with van der Waals surface area (Å²) in [6.45, 7) is 1.03. The molecule has 40 heavy (non-hydrogen) atoms. The second-order valence-corrected chi connectivity index (χ2v) is 9.21. The number of methoxy groups -OCH3 is 4. The Kier molecular flexibility index (Phi) is 7.63. The maximum absolute atomic E-state index is 13.2. The lowest BCUT2D eigenvalue weighted by Crippen LogP contribution is -2.35. The second-order valence-electron chi connectivity index (χ2n) is 9.21. The predicted molar refractivity (Wildman–Crippen MR) is 150 cm³/mol. The van der Waals surface area contributed by atoms with Crippen LogP contribution >= 0.6 is 0 Å². The third-order valence-electron chi connectivity index (χ3n) is 6.90. The number of carbonyl (C=O) groups is 2. The number of rotatable bonds is 8. The first-order valence-corrected chi connectivity index (χ1v) is 12.7. The van der Waals surface area contributed by atoms with Crippen LogP contribution in [-0.4, -0.2) is 51.7 Å². The molecule has 0 unspecified atom stereocenters. The number of hydrogen-bond donors (Lipinski definition) is 1. The van der Waals surface area contributed by atoms with Gasteiger partial charge in [0.1, 0.15) is 17.3 Å². The molecule has 0 saturated carbocycles. The van der Waals surface area contributed by atoms with E-state index in [1.165, 1.54) is 7.11 Å². The van der Waals surface area contributed by atoms with Gasteiger partial charge in [-0.05, 0) is 78.2 Å². The zero-order valence-corrected chi connectivity index (χ0v) is 22.8. The number of amides is 2. The second kappa shape index (κ2) is 11.4. The molecule has 206 valence electrons. The molecule has 0 spiro atoms. The molecule has 0 saturated heterocycles. The standard InChI is InChI=1S/C31H30N2O7/c1-36-23-9-10-24(27(17-23)37-2)30(34)32-22-7-5-19(6-8-22)25-11-12-26(40-25)31(35)33-14-13-20-15-28(38-3)29(39-4)16-21(20)18-33/h5-12,15-17H,13-14,18H2,1-4H3,(H,32,34). The summed E-state index contributed by atoms with van der Waals surface area (Å²) in [4.78, 5) is 27.8. The van der Waals surface area contributed by atoms with Crippen LogP contribution in [0.3, 0.4) is 0 Å². The van der Waals surface area contributed by atoms with Crippen molar-refractivity contribution in [3.63, 3.8) is 0 Å². The van der Waals surface area contributed by atoms with E-state index in [4.69, 9.17) is 23.4 Å². The van der Waals surface area contributed by atoms with E-state index in [1.54, 1.807) is 68.7 Å². The first-order valence-electron chi connectivity index (χ1n) is 12.7. The first-order chi connectivity index (χ1) is 19.4. The van der Waals surface area contributed by atoms with Crippen molar-refractivity contribution < 1.29 is 33.0 Å². The minimum atomic E-state index is -0.308. The van der Waals surface area contributed by atoms with E-state index in [1.807, 2.05) is 24.3 Å². The fourth-order valence-electron chi connectivity index (χ4n) is 4.72. The maximum Gasteiger partial charge on any atom is 0.289 e. The van der Waals surface area contributed by atoms with Gasteiger partial charge in [0.05, 0.1) is 34.0 Å². The highest BCUT2D eigenvalue weighted by molar-refractivity contribution is 6.06. The molecule has 5 rings (SSSR count). The summed E-state index contributed by atoms with van der Waals surface area (Å²) in [6.07, 6.45) is 0.713. The van der Waals surface area contributed by atoms with Crippen LogP contribution in [0.25, 0.3) is 11.3 Å². The minimum Gasteiger partial charge on any atom is -0.497 e. The third-order valence-corrected chi connectivity index (χ3v) is 6.90. The van der Waals surface area contributed by atoms with Gasteiger partial charge in [-0.3, -0.25) is 9.59 Å². The van der Waals surface area contributed by atoms with E-state index in [9.17, 15) is 9.59 Å². The zero-order chi connectivity index (χ0) is 28.2. The molecule has 1 aliphatic rings. The Balaban J connectivity index is 1.26. The molecule has 3 aromatic carbocycles. The highest BCUT2D eigenvalue weighted by Gasteiger charge is 2.26. The molecule has 2 heterocycles. The van der Waals surface area contributed by atoms with Gasteiger partial charge in [0.2, 0.25) is 0 Å². The first kappa shape index (κ1) is 26.7. The van der Waals surface area contributed by atoms with Gasteiger partial charge in [0.25, 0.3) is 11.8 Å². The molecule has 0 atom stereocenters. The summed E-state index contributed by atoms with van der Waals surface area (Å²) >= 11 is 0. The Morgan fingerprint density at radius 3 is 2.15 bits per heavy atom. The quantitative estimate of drug-likeness (QED) is 0.317. The van der Waals surface area contributed by atoms with Gasteiger partial charge < -0.3 is 33.6 Å². The van der Waals surface area contributed by atoms with Crippen LogP contribution in [0, 0.1) is 0 Å². The number of nitrogens with zero attached hydrogens (tertiary/aromatic N) is 1. The van der Waals surface area contributed by atoms with Crippen molar-refractivity contribution in [3.05, 3.63) is 89.2 Å². The fraction of sp³-hybridized carbons (Fsp3) is 0.226. The Morgan fingerprint density at radius 1 is 0.775 bits per heavy atom. The lowest BCUT2D eigenvalue weighted by atomic mass is 9.98. The lowest BCUT2D eigenvalue weighted by Gasteiger charge is -2.29. The van der Waals surface area contributed by atoms with Gasteiger partial charge in [-0.25, -0.2) is 0 Å². The van der Waals surface area contributed by atoms with Gasteiger partial charge in [-0.15, -0.1) is 0 Å². The largest absolute Gasteiger partial charge is 0.497 e. The van der Waals surface area contributed by atoms with E-state index in [0.29, 0.717) is 59.5 Å². The number of benzene rings is 3. The number of nitrogens with one attached hydrogen (secondary N) is 1. The normalized spacial score (nSPS) is 12.3. The van der Waals surface area contributed by atoms with E-state index in [0.717, 1.165) is 16.7 Å². The summed E-state index contributed by atoms with van der Waals surface area (Å²) in [5.74, 6) is 2.67. The Morgan fingerprint density at radius 2 is 1.48 bits per heavy atom. The number of ether oxygens (including phenoxy) is 4. The monoisotopic (exact) mass is 542 g/mol. The number of fused-ring (bicyclic) bond motifs is 1. The average molecular weight is 543 g/mol. The third kappa shape index (κ3) is 5.31. The Labute approximate surface area is 232 Å². The zero-order valence-electron chi connectivity index (χ0n) is 22.8. The van der Waals surface area contributed by atoms with Gasteiger partial charge >= 0.3 is 0 Å². The van der Waals surface area contributed by atoms with Crippen molar-refractivity contribution in [3.8, 4) is 34.3 Å². The predicted octanol–water partition coefficient (Wildman–Crippen LogP) is 5.43. The van der Waals surface area contributed by atoms with Crippen LogP contribution in [0.15, 0.2) is 71.1 Å². The van der Waals surface area contributed by atoms with Crippen molar-refractivity contribution in [2.24, 2.45) is 0 Å². The molecule has 1 aromatic heterocycles. The smallest absolute Gasteiger partial charge is 0.289 e. The van der Waals surface area contributed by atoms with Crippen LogP contribution in [0.2, 0.25) is 0 Å². The number of hydrogen-bond acceptors (Lipinski definition) is 7. The van der Waals surface area contributed by atoms with Gasteiger partial charge in [0, 0.05) is 30.4 Å². The van der Waals surface area contributed by atoms with Gasteiger partial charge in [-0.2, -0.15) is 0 Å². The molecule has 4 aromatic rings. The van der Waals surface area contributed by atoms with E-state index in [-0.39, 0.29) is 17.6 Å². The Bertz CT molecular complexity index is 1540. The van der Waals surface area contributed by atoms with Crippen molar-refractivity contribution in [1.29, 1.82) is 0 Å². The fourth-order valence-corrected chi connectivity index (χ4v) is 4.72. The molecule has 0 bridgehead atoms. The Hall–Kier alpha value is -4.92. The molecule has 1 N–H and O–H groups in total. The molecule has 2 amide bonds. The van der Waals surface area contributed by atoms with Crippen LogP contribution in [0.5, 0.6) is 23.0 Å². The van der Waals surface area contributed by atoms with Crippen molar-refractivity contribution >= 4 is 17.5 Å². The van der Waals surface area contributed by atoms with Crippen molar-refractivity contribution in [2.75, 3.05) is 40.3 Å². The molecular formula is C31H30N2O7. The van der Waals surface area contributed by atoms with Crippen molar-refractivity contribution in [1.82, 2.24) is 4.90 Å². The average Bonchev–Trinajstić information content (AvgIpc) is 3.50. The lowest BCUT2D eigenvalue weighted by molar-refractivity contribution is 0.0703. The SMILES string of the molecule is COc1ccc(C(=O)Nc2ccc(-c3ccc(C(=O)N4CCc5cc(OC)c(OC)cc5C4)o3)cc2)c(OC)c1. The summed E-state index contributed by atoms with van der Waals surface area (Å²) in [6, 6.07) is 19.6. The highest BCUT2D eigenvalue weighted by Crippen LogP contribution is 2.34. The minimum absolute atomic E-state index is 0.177. The summed E-state index contributed by atoms with van der Waals surface area (Å²) in [5, 5.41) is 2.87. The van der Waals surface area contributed by atoms with Crippen LogP contribution in [0.1, 0.15) is 32.0 Å². The van der Waals surface area contributed by atoms with Crippen molar-refractivity contribution in [2.45, 2.75) is 13.0 Å². The van der Waals surface area contributed by atoms with E-state index in [2.05, 4.69) is 5.32 Å². The van der Waals surface area contributed by atoms with E-state index >= 15 is 0 Å². The van der Waals surface area contributed by atoms with E-state index < -0.39 is 0 Å². The molecule has 0 fully saturated rings. The topological polar surface area (TPSA) is 99.5 Å². The summed E-state index contributed by atoms with van der Waals surface area (Å²) in [5.41, 5.74) is 3.93. The number of anilines is 1. The summed E-state index contributed by atoms with van der Waals surface area (Å²) in [7, 11) is 6.26. The van der Waals surface area contributed by atoms with Gasteiger partial charge in [0.15, 0.2) is 17.3 Å². The molecule has 9 nitrogen and oxygen atoms in total. The van der Waals surface area contributed by atoms with Crippen LogP contribution in [0.4, 0.5) is 5.69 Å². The van der Waals surface area contributed by atoms with Crippen LogP contribution in [-0.2, 0) is 13.0 Å². The highest BCUT2D eigenvalue weighted by atomic mass is 16.5. The van der Waals surface area contributed by atoms with Crippen LogP contribution < -0.4 is 24.3 Å². The molecule has 1 aliphatic heterocycles. The number of carbonyl (C=O) groups excluding carboxylic acids is 2. The molecular weight excluding hydrogens is 512 g/mol. The summed E-state index contributed by atoms with van der Waals surface area (Å²) < 4.78 is 27.3. The maximum atomic E-state index is 13.2.